The molecule has 3 aliphatic rings. The van der Waals surface area contributed by atoms with E-state index in [4.69, 9.17) is 10.5 Å². The highest BCUT2D eigenvalue weighted by Crippen LogP contribution is 2.32. The maximum Gasteiger partial charge on any atom is 0.243 e. The summed E-state index contributed by atoms with van der Waals surface area (Å²) in [6.07, 6.45) is 9.01. The molecular weight excluding hydrogens is 468 g/mol. The molecule has 2 aliphatic heterocycles. The summed E-state index contributed by atoms with van der Waals surface area (Å²) in [5, 5.41) is 3.03. The van der Waals surface area contributed by atoms with Crippen molar-refractivity contribution >= 4 is 27.9 Å². The van der Waals surface area contributed by atoms with Crippen molar-refractivity contribution in [1.82, 2.24) is 14.9 Å². The highest BCUT2D eigenvalue weighted by Gasteiger charge is 2.34. The lowest BCUT2D eigenvalue weighted by Crippen LogP contribution is -2.48. The number of ether oxygens (including phenoxy) is 1. The fraction of sp³-hybridized carbons (Fsp3) is 0.600. The van der Waals surface area contributed by atoms with Crippen LogP contribution in [0.2, 0.25) is 0 Å². The van der Waals surface area contributed by atoms with Crippen LogP contribution in [-0.4, -0.2) is 63.5 Å². The predicted octanol–water partition coefficient (Wildman–Crippen LogP) is 1.69. The largest absolute Gasteiger partial charge is 0.381 e. The van der Waals surface area contributed by atoms with Crippen molar-refractivity contribution in [3.8, 4) is 0 Å². The molecule has 10 heteroatoms. The van der Waals surface area contributed by atoms with Gasteiger partial charge in [0.25, 0.3) is 0 Å². The molecule has 1 aliphatic carbocycles. The Morgan fingerprint density at radius 2 is 1.94 bits per heavy atom. The van der Waals surface area contributed by atoms with Crippen molar-refractivity contribution in [2.45, 2.75) is 68.5 Å². The zero-order valence-electron chi connectivity index (χ0n) is 20.2. The number of benzene rings is 1. The Kier molecular flexibility index (Phi) is 8.26. The van der Waals surface area contributed by atoms with Gasteiger partial charge in [-0.3, -0.25) is 9.59 Å². The Hall–Kier alpha value is -2.27. The van der Waals surface area contributed by atoms with Gasteiger partial charge in [0, 0.05) is 25.8 Å². The highest BCUT2D eigenvalue weighted by molar-refractivity contribution is 7.89. The number of rotatable bonds is 9. The molecule has 0 spiro atoms. The van der Waals surface area contributed by atoms with Crippen LogP contribution in [-0.2, 0) is 24.3 Å². The topological polar surface area (TPSA) is 131 Å². The van der Waals surface area contributed by atoms with Gasteiger partial charge >= 0.3 is 0 Å². The van der Waals surface area contributed by atoms with Gasteiger partial charge < -0.3 is 20.7 Å². The molecule has 9 nitrogen and oxygen atoms in total. The number of carbonyl (C=O) groups is 2. The molecule has 4 rings (SSSR count). The molecule has 0 unspecified atom stereocenters. The number of hydrogen-bond acceptors (Lipinski definition) is 6. The third kappa shape index (κ3) is 6.49. The summed E-state index contributed by atoms with van der Waals surface area (Å²) in [5.41, 5.74) is 7.10. The molecule has 2 saturated heterocycles. The quantitative estimate of drug-likeness (QED) is 0.469. The maximum atomic E-state index is 13.1. The fourth-order valence-corrected chi connectivity index (χ4v) is 6.07. The molecule has 0 radical (unpaired) electrons. The molecule has 2 amide bonds. The van der Waals surface area contributed by atoms with E-state index < -0.39 is 16.1 Å². The molecule has 35 heavy (non-hydrogen) atoms. The first-order chi connectivity index (χ1) is 16.8. The Balaban J connectivity index is 1.53. The monoisotopic (exact) mass is 504 g/mol. The summed E-state index contributed by atoms with van der Waals surface area (Å²) in [6, 6.07) is 4.02. The van der Waals surface area contributed by atoms with Gasteiger partial charge in [0.15, 0.2) is 0 Å². The van der Waals surface area contributed by atoms with Crippen LogP contribution < -0.4 is 15.8 Å². The van der Waals surface area contributed by atoms with Crippen LogP contribution in [0.15, 0.2) is 29.2 Å². The van der Waals surface area contributed by atoms with E-state index in [-0.39, 0.29) is 35.3 Å². The predicted molar refractivity (Wildman–Crippen MR) is 133 cm³/mol. The first-order valence-corrected chi connectivity index (χ1v) is 14.0. The van der Waals surface area contributed by atoms with E-state index in [1.165, 1.54) is 0 Å². The second-order valence-corrected chi connectivity index (χ2v) is 11.4. The van der Waals surface area contributed by atoms with E-state index in [0.717, 1.165) is 30.4 Å². The molecule has 3 fully saturated rings. The first-order valence-electron chi connectivity index (χ1n) is 12.5. The molecule has 0 bridgehead atoms. The number of carbonyl (C=O) groups excluding carboxylic acids is 2. The molecule has 192 valence electrons. The number of nitrogens with one attached hydrogen (secondary N) is 2. The number of sulfonamides is 1. The summed E-state index contributed by atoms with van der Waals surface area (Å²) in [4.78, 5) is 26.9. The molecule has 0 aromatic heterocycles. The van der Waals surface area contributed by atoms with E-state index in [9.17, 15) is 18.0 Å². The lowest BCUT2D eigenvalue weighted by Gasteiger charge is -2.26. The normalized spacial score (nSPS) is 22.5. The van der Waals surface area contributed by atoms with Gasteiger partial charge in [0.1, 0.15) is 6.04 Å². The number of amides is 2. The van der Waals surface area contributed by atoms with Crippen LogP contribution in [0.4, 0.5) is 0 Å². The third-order valence-corrected chi connectivity index (χ3v) is 8.48. The van der Waals surface area contributed by atoms with Crippen molar-refractivity contribution in [1.29, 1.82) is 0 Å². The van der Waals surface area contributed by atoms with Gasteiger partial charge in [-0.25, -0.2) is 13.1 Å². The number of hydrogen-bond donors (Lipinski definition) is 3. The highest BCUT2D eigenvalue weighted by atomic mass is 32.2. The summed E-state index contributed by atoms with van der Waals surface area (Å²) in [7, 11) is -3.69. The number of nitrogens with two attached hydrogens (primary N) is 1. The summed E-state index contributed by atoms with van der Waals surface area (Å²) in [6.45, 7) is 3.39. The smallest absolute Gasteiger partial charge is 0.243 e. The minimum Gasteiger partial charge on any atom is -0.381 e. The van der Waals surface area contributed by atoms with Crippen LogP contribution in [0.3, 0.4) is 0 Å². The molecular formula is C25H36N4O5S. The minimum absolute atomic E-state index is 0.118. The van der Waals surface area contributed by atoms with Crippen LogP contribution in [0.1, 0.15) is 62.6 Å². The zero-order chi connectivity index (χ0) is 25.0. The number of nitrogens with zero attached hydrogens (tertiary/aromatic N) is 1. The van der Waals surface area contributed by atoms with Gasteiger partial charge in [-0.1, -0.05) is 18.2 Å². The van der Waals surface area contributed by atoms with Crippen molar-refractivity contribution in [3.05, 3.63) is 35.4 Å². The van der Waals surface area contributed by atoms with Crippen LogP contribution in [0.5, 0.6) is 0 Å². The van der Waals surface area contributed by atoms with Crippen molar-refractivity contribution in [3.63, 3.8) is 0 Å². The number of likely N-dealkylation sites (tertiary alicyclic amines) is 1. The molecule has 2 atom stereocenters. The Morgan fingerprint density at radius 1 is 1.20 bits per heavy atom. The fourth-order valence-electron chi connectivity index (χ4n) is 4.73. The molecule has 1 aromatic carbocycles. The van der Waals surface area contributed by atoms with Gasteiger partial charge in [0.05, 0.1) is 17.5 Å². The van der Waals surface area contributed by atoms with Crippen molar-refractivity contribution in [2.24, 2.45) is 11.7 Å². The summed E-state index contributed by atoms with van der Waals surface area (Å²) in [5.74, 6) is 0.0736. The first kappa shape index (κ1) is 25.8. The van der Waals surface area contributed by atoms with Gasteiger partial charge in [-0.15, -0.1) is 0 Å². The van der Waals surface area contributed by atoms with Crippen LogP contribution >= 0.6 is 0 Å². The molecule has 4 N–H and O–H groups in total. The molecule has 1 saturated carbocycles. The SMILES string of the molecule is C[C@H](NC(=O)[C@@H]1CCCN1C(=O)CN)c1ccc(S(=O)(=O)NC2CCOCC2)cc1/C=C/C1CC1. The summed E-state index contributed by atoms with van der Waals surface area (Å²) >= 11 is 0. The molecule has 1 aromatic rings. The second-order valence-electron chi connectivity index (χ2n) is 9.67. The van der Waals surface area contributed by atoms with Crippen molar-refractivity contribution in [2.75, 3.05) is 26.3 Å². The van der Waals surface area contributed by atoms with Gasteiger partial charge in [-0.2, -0.15) is 0 Å². The van der Waals surface area contributed by atoms with Crippen LogP contribution in [0, 0.1) is 5.92 Å². The Bertz CT molecular complexity index is 1060. The number of allylic oxidation sites excluding steroid dienone is 1. The lowest BCUT2D eigenvalue weighted by atomic mass is 10.00. The lowest BCUT2D eigenvalue weighted by molar-refractivity contribution is -0.137. The van der Waals surface area contributed by atoms with E-state index in [1.807, 2.05) is 13.0 Å². The Morgan fingerprint density at radius 3 is 2.63 bits per heavy atom. The van der Waals surface area contributed by atoms with E-state index in [1.54, 1.807) is 23.1 Å². The maximum absolute atomic E-state index is 13.1. The van der Waals surface area contributed by atoms with E-state index in [0.29, 0.717) is 44.9 Å². The molecule has 2 heterocycles. The second kappa shape index (κ2) is 11.2. The minimum atomic E-state index is -3.69. The van der Waals surface area contributed by atoms with Crippen molar-refractivity contribution < 1.29 is 22.7 Å². The average molecular weight is 505 g/mol. The zero-order valence-corrected chi connectivity index (χ0v) is 21.1. The average Bonchev–Trinajstić information content (AvgIpc) is 3.55. The van der Waals surface area contributed by atoms with Crippen LogP contribution in [0.25, 0.3) is 6.08 Å². The summed E-state index contributed by atoms with van der Waals surface area (Å²) < 4.78 is 34.3. The van der Waals surface area contributed by atoms with E-state index >= 15 is 0 Å². The third-order valence-electron chi connectivity index (χ3n) is 6.96. The Labute approximate surface area is 207 Å². The van der Waals surface area contributed by atoms with Gasteiger partial charge in [-0.05, 0) is 74.6 Å². The standard InChI is InChI=1S/C25H36N4O5S/c1-17(27-25(31)23-3-2-12-29(23)24(30)16-26)22-9-8-21(15-19(22)7-6-18-4-5-18)35(32,33)28-20-10-13-34-14-11-20/h6-9,15,17-18,20,23,28H,2-5,10-14,16,26H2,1H3,(H,27,31)/b7-6+/t17-,23-/m0/s1. The van der Waals surface area contributed by atoms with E-state index in [2.05, 4.69) is 16.1 Å². The van der Waals surface area contributed by atoms with Gasteiger partial charge in [0.2, 0.25) is 21.8 Å².